The summed E-state index contributed by atoms with van der Waals surface area (Å²) >= 11 is 0. The van der Waals surface area contributed by atoms with Crippen LogP contribution in [0.1, 0.15) is 35.4 Å². The van der Waals surface area contributed by atoms with Crippen molar-refractivity contribution in [2.24, 2.45) is 0 Å². The molecule has 0 saturated carbocycles. The predicted octanol–water partition coefficient (Wildman–Crippen LogP) is 2.77. The van der Waals surface area contributed by atoms with Gasteiger partial charge in [0.25, 0.3) is 0 Å². The van der Waals surface area contributed by atoms with Crippen molar-refractivity contribution in [3.05, 3.63) is 40.9 Å². The van der Waals surface area contributed by atoms with Crippen molar-refractivity contribution in [3.8, 4) is 6.07 Å². The topological polar surface area (TPSA) is 74.7 Å². The van der Waals surface area contributed by atoms with Crippen LogP contribution in [0.25, 0.3) is 0 Å². The number of aromatic nitrogens is 2. The number of nitriles is 1. The van der Waals surface area contributed by atoms with Gasteiger partial charge in [-0.3, -0.25) is 0 Å². The van der Waals surface area contributed by atoms with E-state index in [0.29, 0.717) is 17.9 Å². The molecule has 5 nitrogen and oxygen atoms in total. The van der Waals surface area contributed by atoms with Gasteiger partial charge in [0.1, 0.15) is 11.6 Å². The largest absolute Gasteiger partial charge is 0.369 e. The molecular weight excluding hydrogens is 240 g/mol. The molecule has 0 amide bonds. The van der Waals surface area contributed by atoms with Crippen LogP contribution < -0.4 is 5.32 Å². The number of aryl methyl sites for hydroxylation is 2. The van der Waals surface area contributed by atoms with E-state index in [2.05, 4.69) is 28.5 Å². The van der Waals surface area contributed by atoms with Crippen LogP contribution in [0.2, 0.25) is 0 Å². The molecule has 0 aliphatic rings. The molecule has 0 aromatic carbocycles. The zero-order valence-electron chi connectivity index (χ0n) is 11.3. The molecule has 2 aromatic heterocycles. The van der Waals surface area contributed by atoms with E-state index in [1.807, 2.05) is 13.8 Å². The second-order valence-electron chi connectivity index (χ2n) is 4.56. The molecule has 0 spiro atoms. The smallest absolute Gasteiger partial charge is 0.137 e. The first kappa shape index (κ1) is 13.1. The standard InChI is InChI=1S/C14H16N4O/c1-9(14-10(2)18-19-11(14)3)8-17-13-6-12(7-15)4-5-16-13/h4-6,9H,8H2,1-3H3,(H,16,17)/t9-/m1/s1. The van der Waals surface area contributed by atoms with Gasteiger partial charge >= 0.3 is 0 Å². The van der Waals surface area contributed by atoms with Crippen LogP contribution in [0.3, 0.4) is 0 Å². The molecule has 5 heteroatoms. The van der Waals surface area contributed by atoms with E-state index in [-0.39, 0.29) is 5.92 Å². The van der Waals surface area contributed by atoms with Gasteiger partial charge in [0.05, 0.1) is 17.3 Å². The van der Waals surface area contributed by atoms with Crippen molar-refractivity contribution in [2.75, 3.05) is 11.9 Å². The Morgan fingerprint density at radius 3 is 2.89 bits per heavy atom. The summed E-state index contributed by atoms with van der Waals surface area (Å²) in [5.41, 5.74) is 2.65. The highest BCUT2D eigenvalue weighted by Crippen LogP contribution is 2.23. The summed E-state index contributed by atoms with van der Waals surface area (Å²) in [7, 11) is 0. The molecule has 1 N–H and O–H groups in total. The number of rotatable bonds is 4. The fraction of sp³-hybridized carbons (Fsp3) is 0.357. The first-order valence-electron chi connectivity index (χ1n) is 6.14. The molecule has 0 unspecified atom stereocenters. The van der Waals surface area contributed by atoms with Gasteiger partial charge in [-0.1, -0.05) is 12.1 Å². The Labute approximate surface area is 112 Å². The Morgan fingerprint density at radius 1 is 1.47 bits per heavy atom. The molecule has 0 radical (unpaired) electrons. The first-order chi connectivity index (χ1) is 9.11. The van der Waals surface area contributed by atoms with Gasteiger partial charge in [-0.05, 0) is 26.0 Å². The lowest BCUT2D eigenvalue weighted by molar-refractivity contribution is 0.391. The third-order valence-electron chi connectivity index (χ3n) is 3.06. The van der Waals surface area contributed by atoms with Crippen LogP contribution in [0.5, 0.6) is 0 Å². The minimum Gasteiger partial charge on any atom is -0.369 e. The molecule has 2 aromatic rings. The number of pyridine rings is 1. The molecule has 2 rings (SSSR count). The van der Waals surface area contributed by atoms with Gasteiger partial charge in [0.15, 0.2) is 0 Å². The van der Waals surface area contributed by atoms with E-state index in [1.54, 1.807) is 18.3 Å². The van der Waals surface area contributed by atoms with Gasteiger partial charge in [-0.2, -0.15) is 5.26 Å². The van der Waals surface area contributed by atoms with Crippen LogP contribution in [0.15, 0.2) is 22.9 Å². The molecule has 19 heavy (non-hydrogen) atoms. The van der Waals surface area contributed by atoms with E-state index < -0.39 is 0 Å². The van der Waals surface area contributed by atoms with E-state index in [9.17, 15) is 0 Å². The lowest BCUT2D eigenvalue weighted by atomic mass is 9.99. The molecule has 0 bridgehead atoms. The van der Waals surface area contributed by atoms with Gasteiger partial charge in [0.2, 0.25) is 0 Å². The minimum atomic E-state index is 0.263. The van der Waals surface area contributed by atoms with E-state index >= 15 is 0 Å². The Hall–Kier alpha value is -2.35. The molecule has 2 heterocycles. The van der Waals surface area contributed by atoms with Gasteiger partial charge in [-0.15, -0.1) is 0 Å². The highest BCUT2D eigenvalue weighted by atomic mass is 16.5. The van der Waals surface area contributed by atoms with Crippen molar-refractivity contribution in [1.82, 2.24) is 10.1 Å². The molecule has 0 aliphatic heterocycles. The van der Waals surface area contributed by atoms with Crippen LogP contribution in [-0.2, 0) is 0 Å². The summed E-state index contributed by atoms with van der Waals surface area (Å²) < 4.78 is 5.17. The van der Waals surface area contributed by atoms with Gasteiger partial charge in [0, 0.05) is 24.2 Å². The summed E-state index contributed by atoms with van der Waals surface area (Å²) in [6.07, 6.45) is 1.63. The van der Waals surface area contributed by atoms with Crippen LogP contribution in [-0.4, -0.2) is 16.7 Å². The summed E-state index contributed by atoms with van der Waals surface area (Å²) in [6.45, 7) is 6.68. The third kappa shape index (κ3) is 2.91. The number of nitrogens with zero attached hydrogens (tertiary/aromatic N) is 3. The fourth-order valence-electron chi connectivity index (χ4n) is 2.15. The number of nitrogens with one attached hydrogen (secondary N) is 1. The maximum Gasteiger partial charge on any atom is 0.137 e. The molecular formula is C14H16N4O. The van der Waals surface area contributed by atoms with Crippen molar-refractivity contribution in [3.63, 3.8) is 0 Å². The maximum absolute atomic E-state index is 8.84. The molecule has 0 aliphatic carbocycles. The maximum atomic E-state index is 8.84. The quantitative estimate of drug-likeness (QED) is 0.910. The number of hydrogen-bond acceptors (Lipinski definition) is 5. The SMILES string of the molecule is Cc1noc(C)c1[C@H](C)CNc1cc(C#N)ccn1. The lowest BCUT2D eigenvalue weighted by Crippen LogP contribution is -2.12. The van der Waals surface area contributed by atoms with Gasteiger partial charge in [-0.25, -0.2) is 4.98 Å². The van der Waals surface area contributed by atoms with Crippen molar-refractivity contribution in [1.29, 1.82) is 5.26 Å². The van der Waals surface area contributed by atoms with Crippen LogP contribution in [0, 0.1) is 25.2 Å². The first-order valence-corrected chi connectivity index (χ1v) is 6.14. The zero-order valence-corrected chi connectivity index (χ0v) is 11.3. The second-order valence-corrected chi connectivity index (χ2v) is 4.56. The Bertz CT molecular complexity index is 593. The number of anilines is 1. The monoisotopic (exact) mass is 256 g/mol. The van der Waals surface area contributed by atoms with Crippen LogP contribution in [0.4, 0.5) is 5.82 Å². The summed E-state index contributed by atoms with van der Waals surface area (Å²) in [4.78, 5) is 4.18. The van der Waals surface area contributed by atoms with E-state index in [1.165, 1.54) is 0 Å². The minimum absolute atomic E-state index is 0.263. The lowest BCUT2D eigenvalue weighted by Gasteiger charge is -2.12. The van der Waals surface area contributed by atoms with E-state index in [4.69, 9.17) is 9.78 Å². The highest BCUT2D eigenvalue weighted by molar-refractivity contribution is 5.42. The Morgan fingerprint density at radius 2 is 2.26 bits per heavy atom. The Kier molecular flexibility index (Phi) is 3.81. The average Bonchev–Trinajstić information content (AvgIpc) is 2.76. The van der Waals surface area contributed by atoms with Crippen LogP contribution >= 0.6 is 0 Å². The summed E-state index contributed by atoms with van der Waals surface area (Å²) in [5, 5.41) is 16.0. The normalized spacial score (nSPS) is 11.9. The molecule has 0 saturated heterocycles. The highest BCUT2D eigenvalue weighted by Gasteiger charge is 2.16. The average molecular weight is 256 g/mol. The fourth-order valence-corrected chi connectivity index (χ4v) is 2.15. The third-order valence-corrected chi connectivity index (χ3v) is 3.06. The van der Waals surface area contributed by atoms with Crippen molar-refractivity contribution < 1.29 is 4.52 Å². The Balaban J connectivity index is 2.04. The van der Waals surface area contributed by atoms with E-state index in [0.717, 1.165) is 17.0 Å². The molecule has 0 fully saturated rings. The second kappa shape index (κ2) is 5.53. The predicted molar refractivity (Wildman–Crippen MR) is 71.8 cm³/mol. The molecule has 98 valence electrons. The zero-order chi connectivity index (χ0) is 13.8. The number of hydrogen-bond donors (Lipinski definition) is 1. The van der Waals surface area contributed by atoms with Crippen molar-refractivity contribution >= 4 is 5.82 Å². The van der Waals surface area contributed by atoms with Gasteiger partial charge < -0.3 is 9.84 Å². The van der Waals surface area contributed by atoms with Crippen molar-refractivity contribution in [2.45, 2.75) is 26.7 Å². The molecule has 1 atom stereocenters. The summed E-state index contributed by atoms with van der Waals surface area (Å²) in [5.74, 6) is 1.82. The summed E-state index contributed by atoms with van der Waals surface area (Å²) in [6, 6.07) is 5.52.